The highest BCUT2D eigenvalue weighted by atomic mass is 32.1. The van der Waals surface area contributed by atoms with Crippen molar-refractivity contribution in [2.45, 2.75) is 11.1 Å². The minimum absolute atomic E-state index is 0.0133. The first-order valence-electron chi connectivity index (χ1n) is 4.28. The molecule has 0 saturated carbocycles. The van der Waals surface area contributed by atoms with Gasteiger partial charge in [0.05, 0.1) is 5.56 Å². The summed E-state index contributed by atoms with van der Waals surface area (Å²) in [5.41, 5.74) is -0.690. The Kier molecular flexibility index (Phi) is 2.38. The van der Waals surface area contributed by atoms with Gasteiger partial charge in [-0.25, -0.2) is 0 Å². The quantitative estimate of drug-likeness (QED) is 0.643. The van der Waals surface area contributed by atoms with Gasteiger partial charge in [-0.1, -0.05) is 30.3 Å². The van der Waals surface area contributed by atoms with Crippen LogP contribution in [0.25, 0.3) is 10.8 Å². The highest BCUT2D eigenvalue weighted by Crippen LogP contribution is 2.37. The Morgan fingerprint density at radius 3 is 2.27 bits per heavy atom. The van der Waals surface area contributed by atoms with Crippen molar-refractivity contribution in [3.63, 3.8) is 0 Å². The van der Waals surface area contributed by atoms with Crippen molar-refractivity contribution in [3.05, 3.63) is 42.0 Å². The zero-order valence-electron chi connectivity index (χ0n) is 7.55. The van der Waals surface area contributed by atoms with Crippen LogP contribution >= 0.6 is 12.6 Å². The Labute approximate surface area is 90.1 Å². The molecule has 78 valence electrons. The lowest BCUT2D eigenvalue weighted by Crippen LogP contribution is -2.06. The highest BCUT2D eigenvalue weighted by molar-refractivity contribution is 7.80. The number of benzene rings is 2. The number of hydrogen-bond acceptors (Lipinski definition) is 1. The van der Waals surface area contributed by atoms with E-state index in [0.29, 0.717) is 5.39 Å². The number of rotatable bonds is 0. The minimum Gasteiger partial charge on any atom is -0.166 e. The molecule has 0 heterocycles. The van der Waals surface area contributed by atoms with Gasteiger partial charge < -0.3 is 0 Å². The molecule has 0 fully saturated rings. The Balaban J connectivity index is 2.76. The molecule has 0 saturated heterocycles. The van der Waals surface area contributed by atoms with Crippen molar-refractivity contribution < 1.29 is 13.2 Å². The fourth-order valence-corrected chi connectivity index (χ4v) is 1.89. The summed E-state index contributed by atoms with van der Waals surface area (Å²) in [6.45, 7) is 0. The van der Waals surface area contributed by atoms with Gasteiger partial charge in [-0.15, -0.1) is 12.6 Å². The lowest BCUT2D eigenvalue weighted by Gasteiger charge is -2.11. The number of hydrogen-bond donors (Lipinski definition) is 1. The first-order chi connectivity index (χ1) is 7.00. The molecule has 0 N–H and O–H groups in total. The van der Waals surface area contributed by atoms with Crippen LogP contribution in [0.5, 0.6) is 0 Å². The number of thiol groups is 1. The SMILES string of the molecule is FC(F)(F)c1ccc2ccccc2c1S. The van der Waals surface area contributed by atoms with Gasteiger partial charge in [0.1, 0.15) is 0 Å². The van der Waals surface area contributed by atoms with Crippen molar-refractivity contribution in [1.82, 2.24) is 0 Å². The molecule has 4 heteroatoms. The maximum Gasteiger partial charge on any atom is 0.417 e. The second-order valence-corrected chi connectivity index (χ2v) is 3.63. The first kappa shape index (κ1) is 10.4. The Hall–Kier alpha value is -1.16. The van der Waals surface area contributed by atoms with Crippen LogP contribution in [-0.4, -0.2) is 0 Å². The van der Waals surface area contributed by atoms with Crippen LogP contribution in [0.1, 0.15) is 5.56 Å². The van der Waals surface area contributed by atoms with E-state index in [1.165, 1.54) is 6.07 Å². The lowest BCUT2D eigenvalue weighted by molar-refractivity contribution is -0.139. The third-order valence-electron chi connectivity index (χ3n) is 2.21. The van der Waals surface area contributed by atoms with Gasteiger partial charge >= 0.3 is 6.18 Å². The molecule has 0 unspecified atom stereocenters. The smallest absolute Gasteiger partial charge is 0.166 e. The Morgan fingerprint density at radius 2 is 1.60 bits per heavy atom. The van der Waals surface area contributed by atoms with Crippen LogP contribution in [0.15, 0.2) is 41.3 Å². The van der Waals surface area contributed by atoms with Crippen LogP contribution in [-0.2, 0) is 6.18 Å². The summed E-state index contributed by atoms with van der Waals surface area (Å²) in [4.78, 5) is -0.0133. The third kappa shape index (κ3) is 1.81. The maximum absolute atomic E-state index is 12.5. The molecule has 0 radical (unpaired) electrons. The maximum atomic E-state index is 12.5. The van der Waals surface area contributed by atoms with Crippen molar-refractivity contribution in [1.29, 1.82) is 0 Å². The fraction of sp³-hybridized carbons (Fsp3) is 0.0909. The van der Waals surface area contributed by atoms with E-state index < -0.39 is 11.7 Å². The summed E-state index contributed by atoms with van der Waals surface area (Å²) in [7, 11) is 0. The topological polar surface area (TPSA) is 0 Å². The van der Waals surface area contributed by atoms with Crippen LogP contribution < -0.4 is 0 Å². The molecule has 0 spiro atoms. The van der Waals surface area contributed by atoms with Crippen molar-refractivity contribution in [2.75, 3.05) is 0 Å². The van der Waals surface area contributed by atoms with Crippen LogP contribution in [0.2, 0.25) is 0 Å². The van der Waals surface area contributed by atoms with Crippen molar-refractivity contribution >= 4 is 23.4 Å². The van der Waals surface area contributed by atoms with E-state index in [4.69, 9.17) is 0 Å². The van der Waals surface area contributed by atoms with E-state index in [-0.39, 0.29) is 4.90 Å². The summed E-state index contributed by atoms with van der Waals surface area (Å²) in [6, 6.07) is 9.38. The van der Waals surface area contributed by atoms with E-state index in [1.807, 2.05) is 0 Å². The summed E-state index contributed by atoms with van der Waals surface area (Å²) in [6.07, 6.45) is -4.35. The molecule has 0 aliphatic carbocycles. The van der Waals surface area contributed by atoms with Crippen molar-refractivity contribution in [2.24, 2.45) is 0 Å². The van der Waals surface area contributed by atoms with E-state index in [1.54, 1.807) is 24.3 Å². The Bertz CT molecular complexity index is 503. The summed E-state index contributed by atoms with van der Waals surface area (Å²) < 4.78 is 37.6. The third-order valence-corrected chi connectivity index (χ3v) is 2.69. The Morgan fingerprint density at radius 1 is 0.933 bits per heavy atom. The highest BCUT2D eigenvalue weighted by Gasteiger charge is 2.33. The normalized spacial score (nSPS) is 12.0. The van der Waals surface area contributed by atoms with Gasteiger partial charge in [-0.3, -0.25) is 0 Å². The molecule has 0 bridgehead atoms. The van der Waals surface area contributed by atoms with E-state index in [9.17, 15) is 13.2 Å². The molecule has 0 aromatic heterocycles. The summed E-state index contributed by atoms with van der Waals surface area (Å²) >= 11 is 3.94. The van der Waals surface area contributed by atoms with Gasteiger partial charge in [0.2, 0.25) is 0 Å². The fourth-order valence-electron chi connectivity index (χ4n) is 1.48. The molecule has 0 atom stereocenters. The molecule has 0 amide bonds. The van der Waals surface area contributed by atoms with Gasteiger partial charge in [-0.2, -0.15) is 13.2 Å². The second-order valence-electron chi connectivity index (χ2n) is 3.18. The molecule has 2 aromatic carbocycles. The average Bonchev–Trinajstić information content (AvgIpc) is 2.16. The van der Waals surface area contributed by atoms with E-state index >= 15 is 0 Å². The molecule has 2 rings (SSSR count). The van der Waals surface area contributed by atoms with Gasteiger partial charge in [0.25, 0.3) is 0 Å². The summed E-state index contributed by atoms with van der Waals surface area (Å²) in [5, 5.41) is 1.28. The van der Waals surface area contributed by atoms with E-state index in [2.05, 4.69) is 12.6 Å². The number of halogens is 3. The van der Waals surface area contributed by atoms with Crippen LogP contribution in [0.4, 0.5) is 13.2 Å². The van der Waals surface area contributed by atoms with Gasteiger partial charge in [0.15, 0.2) is 0 Å². The first-order valence-corrected chi connectivity index (χ1v) is 4.73. The predicted molar refractivity (Wildman–Crippen MR) is 56.2 cm³/mol. The molecule has 0 aliphatic rings. The molecule has 2 aromatic rings. The van der Waals surface area contributed by atoms with Crippen LogP contribution in [0.3, 0.4) is 0 Å². The molecule has 15 heavy (non-hydrogen) atoms. The molecule has 0 nitrogen and oxygen atoms in total. The molecular formula is C11H7F3S. The lowest BCUT2D eigenvalue weighted by atomic mass is 10.1. The predicted octanol–water partition coefficient (Wildman–Crippen LogP) is 4.15. The number of fused-ring (bicyclic) bond motifs is 1. The monoisotopic (exact) mass is 228 g/mol. The second kappa shape index (κ2) is 3.45. The zero-order valence-corrected chi connectivity index (χ0v) is 8.44. The van der Waals surface area contributed by atoms with Gasteiger partial charge in [0, 0.05) is 4.90 Å². The largest absolute Gasteiger partial charge is 0.417 e. The summed E-state index contributed by atoms with van der Waals surface area (Å²) in [5.74, 6) is 0. The van der Waals surface area contributed by atoms with Crippen molar-refractivity contribution in [3.8, 4) is 0 Å². The van der Waals surface area contributed by atoms with Crippen LogP contribution in [0, 0.1) is 0 Å². The molecular weight excluding hydrogens is 221 g/mol. The van der Waals surface area contributed by atoms with E-state index in [0.717, 1.165) is 11.5 Å². The average molecular weight is 228 g/mol. The van der Waals surface area contributed by atoms with Gasteiger partial charge in [-0.05, 0) is 16.8 Å². The standard InChI is InChI=1S/C11H7F3S/c12-11(13,14)9-6-5-7-3-1-2-4-8(7)10(9)15/h1-6,15H. The minimum atomic E-state index is -4.35. The number of alkyl halides is 3. The zero-order chi connectivity index (χ0) is 11.1. The molecule has 0 aliphatic heterocycles.